The average Bonchev–Trinajstić information content (AvgIpc) is 2.40. The molecule has 0 heterocycles. The van der Waals surface area contributed by atoms with Crippen molar-refractivity contribution in [3.8, 4) is 11.5 Å². The van der Waals surface area contributed by atoms with Gasteiger partial charge in [0.15, 0.2) is 0 Å². The Kier molecular flexibility index (Phi) is 4.17. The molecule has 0 bridgehead atoms. The molecule has 2 aromatic carbocycles. The minimum atomic E-state index is -4.75. The summed E-state index contributed by atoms with van der Waals surface area (Å²) >= 11 is 3.19. The molecule has 0 saturated carbocycles. The van der Waals surface area contributed by atoms with Crippen LogP contribution >= 0.6 is 15.9 Å². The molecule has 8 heteroatoms. The number of rotatable bonds is 3. The molecule has 0 amide bonds. The number of non-ortho nitro benzene ring substituents is 1. The van der Waals surface area contributed by atoms with Gasteiger partial charge in [-0.1, -0.05) is 15.9 Å². The Morgan fingerprint density at radius 3 is 2.24 bits per heavy atom. The number of nitro benzene ring substituents is 1. The van der Waals surface area contributed by atoms with E-state index in [0.29, 0.717) is 6.07 Å². The third kappa shape index (κ3) is 3.72. The zero-order chi connectivity index (χ0) is 15.6. The Bertz CT molecular complexity index is 671. The van der Waals surface area contributed by atoms with Gasteiger partial charge in [-0.15, -0.1) is 0 Å². The van der Waals surface area contributed by atoms with Gasteiger partial charge in [-0.2, -0.15) is 13.2 Å². The van der Waals surface area contributed by atoms with Gasteiger partial charge in [0.05, 0.1) is 4.92 Å². The lowest BCUT2D eigenvalue weighted by Crippen LogP contribution is -2.08. The summed E-state index contributed by atoms with van der Waals surface area (Å²) < 4.78 is 44.8. The summed E-state index contributed by atoms with van der Waals surface area (Å²) in [4.78, 5) is 9.69. The van der Waals surface area contributed by atoms with Crippen LogP contribution < -0.4 is 4.74 Å². The Morgan fingerprint density at radius 1 is 1.10 bits per heavy atom. The fraction of sp³-hybridized carbons (Fsp3) is 0.0769. The van der Waals surface area contributed by atoms with Gasteiger partial charge in [-0.05, 0) is 30.3 Å². The maximum Gasteiger partial charge on any atom is 0.420 e. The highest BCUT2D eigenvalue weighted by Crippen LogP contribution is 2.40. The molecule has 0 saturated heterocycles. The van der Waals surface area contributed by atoms with Crippen molar-refractivity contribution in [3.05, 3.63) is 62.6 Å². The van der Waals surface area contributed by atoms with Gasteiger partial charge in [-0.3, -0.25) is 10.1 Å². The highest BCUT2D eigenvalue weighted by Gasteiger charge is 2.36. The molecular weight excluding hydrogens is 355 g/mol. The molecule has 0 aliphatic carbocycles. The second-order valence-corrected chi connectivity index (χ2v) is 4.91. The van der Waals surface area contributed by atoms with Crippen molar-refractivity contribution in [2.75, 3.05) is 0 Å². The number of nitro groups is 1. The molecule has 0 spiro atoms. The molecule has 0 radical (unpaired) electrons. The molecule has 4 nitrogen and oxygen atoms in total. The summed E-state index contributed by atoms with van der Waals surface area (Å²) in [5, 5.41) is 10.6. The summed E-state index contributed by atoms with van der Waals surface area (Å²) in [5.41, 5.74) is -1.84. The van der Waals surface area contributed by atoms with Crippen LogP contribution in [0.2, 0.25) is 0 Å². The molecule has 0 fully saturated rings. The first kappa shape index (κ1) is 15.3. The van der Waals surface area contributed by atoms with Crippen molar-refractivity contribution in [2.24, 2.45) is 0 Å². The van der Waals surface area contributed by atoms with Gasteiger partial charge in [0.1, 0.15) is 17.1 Å². The monoisotopic (exact) mass is 361 g/mol. The van der Waals surface area contributed by atoms with Crippen LogP contribution in [-0.4, -0.2) is 4.92 Å². The van der Waals surface area contributed by atoms with Gasteiger partial charge in [0.25, 0.3) is 5.69 Å². The smallest absolute Gasteiger partial charge is 0.420 e. The van der Waals surface area contributed by atoms with Gasteiger partial charge in [0.2, 0.25) is 0 Å². The lowest BCUT2D eigenvalue weighted by atomic mass is 10.1. The summed E-state index contributed by atoms with van der Waals surface area (Å²) in [6, 6.07) is 8.51. The first-order valence-electron chi connectivity index (χ1n) is 5.56. The van der Waals surface area contributed by atoms with Gasteiger partial charge < -0.3 is 4.74 Å². The minimum Gasteiger partial charge on any atom is -0.457 e. The standard InChI is InChI=1S/C13H7BrF3NO3/c14-8-1-4-10(5-2-8)21-12-6-3-9(18(19)20)7-11(12)13(15,16)17/h1-7H. The lowest BCUT2D eigenvalue weighted by Gasteiger charge is -2.13. The molecule has 0 unspecified atom stereocenters. The third-order valence-corrected chi connectivity index (χ3v) is 3.05. The number of alkyl halides is 3. The van der Waals surface area contributed by atoms with Crippen LogP contribution in [0.4, 0.5) is 18.9 Å². The van der Waals surface area contributed by atoms with Gasteiger partial charge in [-0.25, -0.2) is 0 Å². The number of hydrogen-bond acceptors (Lipinski definition) is 3. The number of benzene rings is 2. The molecule has 21 heavy (non-hydrogen) atoms. The van der Waals surface area contributed by atoms with Crippen LogP contribution in [0.15, 0.2) is 46.9 Å². The van der Waals surface area contributed by atoms with Gasteiger partial charge >= 0.3 is 6.18 Å². The van der Waals surface area contributed by atoms with Crippen molar-refractivity contribution in [1.29, 1.82) is 0 Å². The van der Waals surface area contributed by atoms with Crippen LogP contribution in [0.25, 0.3) is 0 Å². The molecular formula is C13H7BrF3NO3. The fourth-order valence-electron chi connectivity index (χ4n) is 1.57. The van der Waals surface area contributed by atoms with E-state index in [0.717, 1.165) is 16.6 Å². The molecule has 0 aliphatic heterocycles. The Morgan fingerprint density at radius 2 is 1.71 bits per heavy atom. The Labute approximate surface area is 125 Å². The van der Waals surface area contributed by atoms with Crippen molar-refractivity contribution in [1.82, 2.24) is 0 Å². The summed E-state index contributed by atoms with van der Waals surface area (Å²) in [5.74, 6) is -0.298. The van der Waals surface area contributed by atoms with Crippen LogP contribution in [0.5, 0.6) is 11.5 Å². The molecule has 0 N–H and O–H groups in total. The second-order valence-electron chi connectivity index (χ2n) is 3.99. The van der Waals surface area contributed by atoms with Crippen molar-refractivity contribution >= 4 is 21.6 Å². The van der Waals surface area contributed by atoms with E-state index in [4.69, 9.17) is 4.74 Å². The first-order chi connectivity index (χ1) is 9.77. The highest BCUT2D eigenvalue weighted by atomic mass is 79.9. The normalized spacial score (nSPS) is 11.2. The third-order valence-electron chi connectivity index (χ3n) is 2.52. The fourth-order valence-corrected chi connectivity index (χ4v) is 1.84. The van der Waals surface area contributed by atoms with E-state index in [1.807, 2.05) is 0 Å². The van der Waals surface area contributed by atoms with E-state index in [2.05, 4.69) is 15.9 Å². The molecule has 0 atom stereocenters. The molecule has 0 aromatic heterocycles. The molecule has 2 aromatic rings. The van der Waals surface area contributed by atoms with Crippen molar-refractivity contribution in [3.63, 3.8) is 0 Å². The van der Waals surface area contributed by atoms with E-state index in [1.54, 1.807) is 12.1 Å². The van der Waals surface area contributed by atoms with Gasteiger partial charge in [0, 0.05) is 16.6 Å². The zero-order valence-corrected chi connectivity index (χ0v) is 11.8. The Balaban J connectivity index is 2.43. The van der Waals surface area contributed by atoms with E-state index in [-0.39, 0.29) is 5.75 Å². The zero-order valence-electron chi connectivity index (χ0n) is 10.2. The van der Waals surface area contributed by atoms with Crippen LogP contribution in [0, 0.1) is 10.1 Å². The number of ether oxygens (including phenoxy) is 1. The highest BCUT2D eigenvalue weighted by molar-refractivity contribution is 9.10. The second kappa shape index (κ2) is 5.72. The van der Waals surface area contributed by atoms with Crippen molar-refractivity contribution < 1.29 is 22.8 Å². The van der Waals surface area contributed by atoms with Crippen LogP contribution in [0.3, 0.4) is 0 Å². The first-order valence-corrected chi connectivity index (χ1v) is 6.36. The average molecular weight is 362 g/mol. The maximum absolute atomic E-state index is 12.9. The lowest BCUT2D eigenvalue weighted by molar-refractivity contribution is -0.385. The molecule has 0 aliphatic rings. The predicted molar refractivity (Wildman–Crippen MR) is 72.3 cm³/mol. The van der Waals surface area contributed by atoms with E-state index in [9.17, 15) is 23.3 Å². The number of halogens is 4. The summed E-state index contributed by atoms with van der Waals surface area (Å²) in [6.45, 7) is 0. The number of hydrogen-bond donors (Lipinski definition) is 0. The largest absolute Gasteiger partial charge is 0.457 e. The number of nitrogens with zero attached hydrogens (tertiary/aromatic N) is 1. The quantitative estimate of drug-likeness (QED) is 0.559. The molecule has 2 rings (SSSR count). The Hall–Kier alpha value is -2.09. The van der Waals surface area contributed by atoms with E-state index >= 15 is 0 Å². The van der Waals surface area contributed by atoms with Crippen molar-refractivity contribution in [2.45, 2.75) is 6.18 Å². The summed E-state index contributed by atoms with van der Waals surface area (Å²) in [7, 11) is 0. The van der Waals surface area contributed by atoms with E-state index < -0.39 is 28.1 Å². The van der Waals surface area contributed by atoms with Crippen LogP contribution in [0.1, 0.15) is 5.56 Å². The molecule has 110 valence electrons. The maximum atomic E-state index is 12.9. The van der Waals surface area contributed by atoms with E-state index in [1.165, 1.54) is 12.1 Å². The SMILES string of the molecule is O=[N+]([O-])c1ccc(Oc2ccc(Br)cc2)c(C(F)(F)F)c1. The minimum absolute atomic E-state index is 0.192. The summed E-state index contributed by atoms with van der Waals surface area (Å²) in [6.07, 6.45) is -4.75. The van der Waals surface area contributed by atoms with Crippen LogP contribution in [-0.2, 0) is 6.18 Å². The topological polar surface area (TPSA) is 52.4 Å². The predicted octanol–water partition coefficient (Wildman–Crippen LogP) is 5.17.